The van der Waals surface area contributed by atoms with E-state index in [1.165, 1.54) is 12.3 Å². The minimum absolute atomic E-state index is 0.0238. The molecule has 0 aliphatic carbocycles. The molecule has 0 atom stereocenters. The molecule has 8 heteroatoms. The molecule has 0 aliphatic rings. The van der Waals surface area contributed by atoms with Crippen LogP contribution < -0.4 is 5.32 Å². The molecule has 0 unspecified atom stereocenters. The summed E-state index contributed by atoms with van der Waals surface area (Å²) in [5.74, 6) is -1.69. The molecule has 25 heavy (non-hydrogen) atoms. The fourth-order valence-corrected chi connectivity index (χ4v) is 2.35. The third kappa shape index (κ3) is 5.37. The van der Waals surface area contributed by atoms with E-state index in [0.29, 0.717) is 16.8 Å². The van der Waals surface area contributed by atoms with Gasteiger partial charge in [-0.05, 0) is 31.0 Å². The van der Waals surface area contributed by atoms with Gasteiger partial charge in [0.1, 0.15) is 12.2 Å². The lowest BCUT2D eigenvalue weighted by Crippen LogP contribution is -2.15. The largest absolute Gasteiger partial charge is 0.481 e. The SMILES string of the molecule is Cc1coc(CC(=O)O)c1C(=O)Nc1cccc(CCC(F)(F)F)c1. The van der Waals surface area contributed by atoms with E-state index in [0.717, 1.165) is 0 Å². The number of carbonyl (C=O) groups is 2. The second kappa shape index (κ2) is 7.42. The van der Waals surface area contributed by atoms with Crippen molar-refractivity contribution in [1.82, 2.24) is 0 Å². The van der Waals surface area contributed by atoms with Crippen LogP contribution in [0, 0.1) is 6.92 Å². The van der Waals surface area contributed by atoms with Crippen molar-refractivity contribution in [1.29, 1.82) is 0 Å². The summed E-state index contributed by atoms with van der Waals surface area (Å²) in [7, 11) is 0. The molecule has 1 amide bonds. The Bertz CT molecular complexity index is 780. The molecule has 0 saturated heterocycles. The van der Waals surface area contributed by atoms with E-state index >= 15 is 0 Å². The van der Waals surface area contributed by atoms with Gasteiger partial charge in [0.05, 0.1) is 11.8 Å². The molecule has 0 radical (unpaired) electrons. The fraction of sp³-hybridized carbons (Fsp3) is 0.294. The number of halogens is 3. The number of aryl methyl sites for hydroxylation is 2. The first-order chi connectivity index (χ1) is 11.7. The van der Waals surface area contributed by atoms with Gasteiger partial charge in [-0.15, -0.1) is 0 Å². The molecule has 0 spiro atoms. The van der Waals surface area contributed by atoms with E-state index in [-0.39, 0.29) is 17.7 Å². The highest BCUT2D eigenvalue weighted by molar-refractivity contribution is 6.06. The average molecular weight is 355 g/mol. The highest BCUT2D eigenvalue weighted by Crippen LogP contribution is 2.24. The van der Waals surface area contributed by atoms with Crippen molar-refractivity contribution >= 4 is 17.6 Å². The smallest absolute Gasteiger partial charge is 0.389 e. The van der Waals surface area contributed by atoms with Crippen molar-refractivity contribution < 1.29 is 32.3 Å². The van der Waals surface area contributed by atoms with Crippen LogP contribution >= 0.6 is 0 Å². The number of nitrogens with one attached hydrogen (secondary N) is 1. The van der Waals surface area contributed by atoms with Gasteiger partial charge in [0.15, 0.2) is 0 Å². The number of anilines is 1. The number of hydrogen-bond donors (Lipinski definition) is 2. The standard InChI is InChI=1S/C17H16F3NO4/c1-10-9-25-13(8-14(22)23)15(10)16(24)21-12-4-2-3-11(7-12)5-6-17(18,19)20/h2-4,7,9H,5-6,8H2,1H3,(H,21,24)(H,22,23). The second-order valence-corrected chi connectivity index (χ2v) is 5.56. The van der Waals surface area contributed by atoms with Crippen LogP contribution in [0.4, 0.5) is 18.9 Å². The Morgan fingerprint density at radius 1 is 1.28 bits per heavy atom. The molecule has 1 aromatic carbocycles. The third-order valence-electron chi connectivity index (χ3n) is 3.47. The van der Waals surface area contributed by atoms with Crippen LogP contribution in [0.2, 0.25) is 0 Å². The number of carbonyl (C=O) groups excluding carboxylic acids is 1. The van der Waals surface area contributed by atoms with Crippen molar-refractivity contribution in [3.8, 4) is 0 Å². The molecule has 1 heterocycles. The zero-order valence-electron chi connectivity index (χ0n) is 13.3. The Morgan fingerprint density at radius 3 is 2.64 bits per heavy atom. The molecule has 5 nitrogen and oxygen atoms in total. The summed E-state index contributed by atoms with van der Waals surface area (Å²) < 4.78 is 42.0. The molecular weight excluding hydrogens is 339 g/mol. The van der Waals surface area contributed by atoms with Crippen molar-refractivity contribution in [3.05, 3.63) is 53.0 Å². The van der Waals surface area contributed by atoms with Gasteiger partial charge in [-0.2, -0.15) is 13.2 Å². The van der Waals surface area contributed by atoms with Gasteiger partial charge in [-0.25, -0.2) is 0 Å². The predicted octanol–water partition coefficient (Wildman–Crippen LogP) is 3.96. The Kier molecular flexibility index (Phi) is 5.51. The number of rotatable bonds is 6. The molecule has 0 fully saturated rings. The first kappa shape index (κ1) is 18.6. The molecule has 1 aromatic heterocycles. The predicted molar refractivity (Wildman–Crippen MR) is 83.6 cm³/mol. The van der Waals surface area contributed by atoms with Crippen LogP contribution in [-0.4, -0.2) is 23.2 Å². The molecule has 0 aliphatic heterocycles. The maximum absolute atomic E-state index is 12.4. The van der Waals surface area contributed by atoms with Crippen molar-refractivity contribution in [3.63, 3.8) is 0 Å². The summed E-state index contributed by atoms with van der Waals surface area (Å²) in [6, 6.07) is 6.08. The number of benzene rings is 1. The molecule has 2 aromatic rings. The second-order valence-electron chi connectivity index (χ2n) is 5.56. The van der Waals surface area contributed by atoms with Crippen molar-refractivity contribution in [2.75, 3.05) is 5.32 Å². The number of amides is 1. The monoisotopic (exact) mass is 355 g/mol. The number of furan rings is 1. The third-order valence-corrected chi connectivity index (χ3v) is 3.47. The van der Waals surface area contributed by atoms with Crippen LogP contribution in [0.1, 0.15) is 33.7 Å². The summed E-state index contributed by atoms with van der Waals surface area (Å²) >= 11 is 0. The fourth-order valence-electron chi connectivity index (χ4n) is 2.35. The van der Waals surface area contributed by atoms with Crippen LogP contribution in [-0.2, 0) is 17.6 Å². The van der Waals surface area contributed by atoms with E-state index in [1.807, 2.05) is 0 Å². The molecule has 0 saturated carbocycles. The lowest BCUT2D eigenvalue weighted by Gasteiger charge is -2.09. The van der Waals surface area contributed by atoms with Crippen molar-refractivity contribution in [2.24, 2.45) is 0 Å². The van der Waals surface area contributed by atoms with Crippen LogP contribution in [0.25, 0.3) is 0 Å². The molecule has 2 rings (SSSR count). The zero-order chi connectivity index (χ0) is 18.6. The van der Waals surface area contributed by atoms with Gasteiger partial charge in [-0.3, -0.25) is 9.59 Å². The van der Waals surface area contributed by atoms with Gasteiger partial charge >= 0.3 is 12.1 Å². The molecular formula is C17H16F3NO4. The summed E-state index contributed by atoms with van der Waals surface area (Å²) in [6.07, 6.45) is -4.55. The molecule has 134 valence electrons. The van der Waals surface area contributed by atoms with Gasteiger partial charge in [0.2, 0.25) is 0 Å². The minimum Gasteiger partial charge on any atom is -0.481 e. The zero-order valence-corrected chi connectivity index (χ0v) is 13.3. The first-order valence-electron chi connectivity index (χ1n) is 7.41. The highest BCUT2D eigenvalue weighted by atomic mass is 19.4. The van der Waals surface area contributed by atoms with Gasteiger partial charge in [-0.1, -0.05) is 12.1 Å². The van der Waals surface area contributed by atoms with E-state index in [2.05, 4.69) is 5.32 Å². The summed E-state index contributed by atoms with van der Waals surface area (Å²) in [4.78, 5) is 23.2. The first-order valence-corrected chi connectivity index (χ1v) is 7.41. The number of hydrogen-bond acceptors (Lipinski definition) is 3. The minimum atomic E-state index is -4.25. The highest BCUT2D eigenvalue weighted by Gasteiger charge is 2.26. The maximum atomic E-state index is 12.4. The number of aliphatic carboxylic acids is 1. The van der Waals surface area contributed by atoms with Crippen LogP contribution in [0.3, 0.4) is 0 Å². The Balaban J connectivity index is 2.13. The number of carboxylic acid groups (broad SMARTS) is 1. The van der Waals surface area contributed by atoms with E-state index < -0.39 is 30.9 Å². The Morgan fingerprint density at radius 2 is 2.00 bits per heavy atom. The Hall–Kier alpha value is -2.77. The van der Waals surface area contributed by atoms with Gasteiger partial charge in [0.25, 0.3) is 5.91 Å². The summed E-state index contributed by atoms with van der Waals surface area (Å²) in [5.41, 5.74) is 1.35. The van der Waals surface area contributed by atoms with Crippen LogP contribution in [0.15, 0.2) is 34.9 Å². The summed E-state index contributed by atoms with van der Waals surface area (Å²) in [6.45, 7) is 1.60. The van der Waals surface area contributed by atoms with Gasteiger partial charge < -0.3 is 14.8 Å². The van der Waals surface area contributed by atoms with E-state index in [9.17, 15) is 22.8 Å². The number of alkyl halides is 3. The van der Waals surface area contributed by atoms with E-state index in [4.69, 9.17) is 9.52 Å². The Labute approximate surface area is 141 Å². The van der Waals surface area contributed by atoms with Crippen LogP contribution in [0.5, 0.6) is 0 Å². The molecule has 0 bridgehead atoms. The molecule has 2 N–H and O–H groups in total. The maximum Gasteiger partial charge on any atom is 0.389 e. The quantitative estimate of drug-likeness (QED) is 0.822. The summed E-state index contributed by atoms with van der Waals surface area (Å²) in [5, 5.41) is 11.4. The average Bonchev–Trinajstić information content (AvgIpc) is 2.85. The van der Waals surface area contributed by atoms with Crippen molar-refractivity contribution in [2.45, 2.75) is 32.4 Å². The number of carboxylic acids is 1. The van der Waals surface area contributed by atoms with E-state index in [1.54, 1.807) is 25.1 Å². The lowest BCUT2D eigenvalue weighted by atomic mass is 10.1. The topological polar surface area (TPSA) is 79.5 Å². The van der Waals surface area contributed by atoms with Gasteiger partial charge in [0, 0.05) is 17.7 Å². The lowest BCUT2D eigenvalue weighted by molar-refractivity contribution is -0.136. The normalized spacial score (nSPS) is 11.4.